The molecule has 0 N–H and O–H groups in total. The molecule has 147 heavy (non-hydrogen) atoms. The number of aryl methyl sites for hydroxylation is 15. The van der Waals surface area contributed by atoms with Gasteiger partial charge in [-0.1, -0.05) is 380 Å². The van der Waals surface area contributed by atoms with E-state index in [9.17, 15) is 0 Å². The van der Waals surface area contributed by atoms with Crippen molar-refractivity contribution in [3.8, 4) is 0 Å². The van der Waals surface area contributed by atoms with Crippen LogP contribution in [0.25, 0.3) is 0 Å². The van der Waals surface area contributed by atoms with Crippen LogP contribution in [0.1, 0.15) is 493 Å². The zero-order valence-electron chi connectivity index (χ0n) is 102. The van der Waals surface area contributed by atoms with Crippen molar-refractivity contribution < 1.29 is 0 Å². The van der Waals surface area contributed by atoms with Crippen molar-refractivity contribution in [3.05, 3.63) is 107 Å². The Hall–Kier alpha value is -7.74. The number of unbranched alkanes of at least 4 members (excludes halogenated alkanes) is 5. The molecular weight excluding hydrogens is 1820 g/mol. The Morgan fingerprint density at radius 1 is 0.163 bits per heavy atom. The minimum atomic E-state index is 0.634. The highest BCUT2D eigenvalue weighted by Gasteiger charge is 2.15. The molecule has 0 aliphatic rings. The van der Waals surface area contributed by atoms with Crippen LogP contribution < -0.4 is 0 Å². The van der Waals surface area contributed by atoms with Crippen LogP contribution in [0.5, 0.6) is 0 Å². The first-order valence-electron chi connectivity index (χ1n) is 59.7. The van der Waals surface area contributed by atoms with Crippen molar-refractivity contribution in [2.75, 3.05) is 0 Å². The van der Waals surface area contributed by atoms with E-state index in [4.69, 9.17) is 0 Å². The fourth-order valence-electron chi connectivity index (χ4n) is 16.3. The molecule has 0 unspecified atom stereocenters. The summed E-state index contributed by atoms with van der Waals surface area (Å²) in [6, 6.07) is 0. The predicted molar refractivity (Wildman–Crippen MR) is 619 cm³/mol. The maximum atomic E-state index is 4.20. The Morgan fingerprint density at radius 2 is 0.401 bits per heavy atom. The molecule has 0 saturated carbocycles. The largest absolute Gasteiger partial charge is 0.252 e. The van der Waals surface area contributed by atoms with Crippen LogP contribution in [0.3, 0.4) is 0 Å². The minimum Gasteiger partial charge on any atom is -0.252 e. The lowest BCUT2D eigenvalue weighted by molar-refractivity contribution is 0.460. The molecule has 9 heterocycles. The number of rotatable bonds is 66. The topological polar surface area (TPSA) is 276 Å². The molecule has 0 aromatic carbocycles. The van der Waals surface area contributed by atoms with Crippen LogP contribution in [-0.4, -0.2) is 135 Å². The molecule has 846 valence electrons. The fraction of sp³-hybridized carbons (Fsp3) is 0.850. The van der Waals surface area contributed by atoms with Gasteiger partial charge in [0.2, 0.25) is 0 Å². The molecule has 0 aliphatic heterocycles. The zero-order valence-corrected chi connectivity index (χ0v) is 102. The minimum absolute atomic E-state index is 0.634. The molecule has 9 rings (SSSR count). The molecule has 0 radical (unpaired) electrons. The van der Waals surface area contributed by atoms with Crippen LogP contribution in [0.15, 0.2) is 55.8 Å². The lowest BCUT2D eigenvalue weighted by Crippen LogP contribution is -2.08. The number of nitrogens with zero attached hydrogens (tertiary/aromatic N) is 27. The van der Waals surface area contributed by atoms with Gasteiger partial charge >= 0.3 is 0 Å². The Morgan fingerprint density at radius 3 is 0.755 bits per heavy atom. The number of hydrogen-bond acceptors (Lipinski definition) is 18. The van der Waals surface area contributed by atoms with Crippen molar-refractivity contribution in [2.45, 2.75) is 559 Å². The van der Waals surface area contributed by atoms with Crippen molar-refractivity contribution >= 4 is 0 Å². The van der Waals surface area contributed by atoms with Gasteiger partial charge in [-0.15, -0.1) is 45.9 Å². The molecule has 0 atom stereocenters. The standard InChI is InChI=1S/C15H29N3.2C14H27N3.5C13H25N3.C12H23N3/c1-13(2)8-5-6-11-18-15(12-16-17-18)10-7-9-14(3)4;1-12(2)7-5-6-10-17-14(11-15-16-17)9-8-13(3)4;1-12(2)8-6-5-7-9-17-11-14(15-16-17)10-13(3)4;1-11(2)6-5-9-16-10-13(14-15-16)8-7-12(3)4;1-11(2)6-5-9-16-13(10-14-15-16)8-7-12(3)4;1-11(2)6-5-7-13-10-16(15-14-13)9-8-12(3)4;1-11(2)6-5-7-13-10-14-15-16(13)9-8-12(3)4;1-11(2)7-5-6-8-16-13(9-12(3)4)10-14-15-16;1-10(2)6-5-7-12-9-15(14-13-12)8-11(3)4/h12-14H,5-11H2,1-4H3;2*11-13H,5-10H2,1-4H3;5*10-12H,5-9H2,1-4H3;9-11H,5-8H2,1-4H3. The zero-order chi connectivity index (χ0) is 110. The molecule has 0 spiro atoms. The third-order valence-electron chi connectivity index (χ3n) is 25.5. The summed E-state index contributed by atoms with van der Waals surface area (Å²) >= 11 is 0. The normalized spacial score (nSPS) is 11.6. The van der Waals surface area contributed by atoms with Gasteiger partial charge in [0.05, 0.1) is 82.2 Å². The van der Waals surface area contributed by atoms with E-state index < -0.39 is 0 Å². The van der Waals surface area contributed by atoms with Gasteiger partial charge in [-0.05, 0) is 273 Å². The second-order valence-corrected chi connectivity index (χ2v) is 50.0. The first kappa shape index (κ1) is 137. The summed E-state index contributed by atoms with van der Waals surface area (Å²) in [5.74, 6) is 13.7. The van der Waals surface area contributed by atoms with E-state index >= 15 is 0 Å². The highest BCUT2D eigenvalue weighted by atomic mass is 15.5. The summed E-state index contributed by atoms with van der Waals surface area (Å²) in [5, 5.41) is 74.3. The highest BCUT2D eigenvalue weighted by molar-refractivity contribution is 5.00. The van der Waals surface area contributed by atoms with E-state index in [0.717, 1.165) is 228 Å². The Balaban J connectivity index is 0.000000827. The summed E-state index contributed by atoms with van der Waals surface area (Å²) in [4.78, 5) is 0. The monoisotopic (exact) mass is 2050 g/mol. The molecule has 27 nitrogen and oxygen atoms in total. The molecule has 0 saturated heterocycles. The van der Waals surface area contributed by atoms with Gasteiger partial charge in [-0.3, -0.25) is 18.7 Å². The molecule has 9 aromatic heterocycles. The first-order chi connectivity index (χ1) is 69.8. The Bertz CT molecular complexity index is 4260. The molecule has 0 amide bonds. The molecule has 9 aromatic rings. The van der Waals surface area contributed by atoms with Crippen LogP contribution in [-0.2, 0) is 117 Å². The van der Waals surface area contributed by atoms with Gasteiger partial charge in [0.25, 0.3) is 0 Å². The molecule has 0 fully saturated rings. The summed E-state index contributed by atoms with van der Waals surface area (Å²) < 4.78 is 18.3. The second-order valence-electron chi connectivity index (χ2n) is 50.0. The molecular formula is C120H231N27. The summed E-state index contributed by atoms with van der Waals surface area (Å²) in [5.41, 5.74) is 11.0. The maximum absolute atomic E-state index is 4.20. The third-order valence-corrected chi connectivity index (χ3v) is 25.5. The molecule has 0 bridgehead atoms. The van der Waals surface area contributed by atoms with Gasteiger partial charge in [0, 0.05) is 83.7 Å². The Kier molecular flexibility index (Phi) is 79.2. The van der Waals surface area contributed by atoms with Gasteiger partial charge < -0.3 is 0 Å². The lowest BCUT2D eigenvalue weighted by Gasteiger charge is -2.08. The van der Waals surface area contributed by atoms with Crippen molar-refractivity contribution in [1.82, 2.24) is 135 Å². The van der Waals surface area contributed by atoms with Crippen molar-refractivity contribution in [2.24, 2.45) is 107 Å². The molecule has 0 aliphatic carbocycles. The van der Waals surface area contributed by atoms with Gasteiger partial charge in [0.1, 0.15) is 0 Å². The van der Waals surface area contributed by atoms with E-state index in [2.05, 4.69) is 390 Å². The van der Waals surface area contributed by atoms with E-state index in [-0.39, 0.29) is 0 Å². The summed E-state index contributed by atoms with van der Waals surface area (Å²) in [7, 11) is 0. The van der Waals surface area contributed by atoms with Crippen molar-refractivity contribution in [1.29, 1.82) is 0 Å². The van der Waals surface area contributed by atoms with E-state index in [1.54, 1.807) is 0 Å². The van der Waals surface area contributed by atoms with E-state index in [0.29, 0.717) is 17.8 Å². The average Bonchev–Trinajstić information content (AvgIpc) is 1.77. The number of hydrogen-bond donors (Lipinski definition) is 0. The first-order valence-corrected chi connectivity index (χ1v) is 59.7. The second kappa shape index (κ2) is 84.8. The van der Waals surface area contributed by atoms with Crippen LogP contribution in [0, 0.1) is 107 Å². The predicted octanol–water partition coefficient (Wildman–Crippen LogP) is 30.9. The van der Waals surface area contributed by atoms with Crippen LogP contribution in [0.2, 0.25) is 0 Å². The van der Waals surface area contributed by atoms with Gasteiger partial charge in [-0.2, -0.15) is 0 Å². The fourth-order valence-corrected chi connectivity index (χ4v) is 16.3. The van der Waals surface area contributed by atoms with E-state index in [1.807, 2.05) is 49.7 Å². The quantitative estimate of drug-likeness (QED) is 0.0320. The van der Waals surface area contributed by atoms with Gasteiger partial charge in [0.15, 0.2) is 0 Å². The summed E-state index contributed by atoms with van der Waals surface area (Å²) in [6.45, 7) is 90.3. The smallest absolute Gasteiger partial charge is 0.0829 e. The maximum Gasteiger partial charge on any atom is 0.0829 e. The van der Waals surface area contributed by atoms with E-state index in [1.165, 1.54) is 221 Å². The number of aromatic nitrogens is 27. The lowest BCUT2D eigenvalue weighted by atomic mass is 10.1. The average molecular weight is 2050 g/mol. The van der Waals surface area contributed by atoms with Gasteiger partial charge in [-0.25, -0.2) is 23.4 Å². The third kappa shape index (κ3) is 79.0. The SMILES string of the molecule is CC(C)CCCCCn1cc(CC(C)C)nn1.CC(C)CCCCn1nncc1CC(C)C.CC(C)CCCCn1nncc1CCC(C)C.CC(C)CCCCn1nncc1CCCC(C)C.CC(C)CCCc1cn(CC(C)C)nn1.CC(C)CCCc1cn(CCC(C)C)nn1.CC(C)CCCc1cnnn1CCC(C)C.CC(C)CCCn1cc(CCC(C)C)nn1.CC(C)CCCn1nncc1CCC(C)C. The summed E-state index contributed by atoms with van der Waals surface area (Å²) in [6.07, 6.45) is 65.4. The Labute approximate surface area is 901 Å². The molecule has 27 heteroatoms. The van der Waals surface area contributed by atoms with Crippen molar-refractivity contribution in [3.63, 3.8) is 0 Å². The highest BCUT2D eigenvalue weighted by Crippen LogP contribution is 2.21. The van der Waals surface area contributed by atoms with Crippen LogP contribution in [0.4, 0.5) is 0 Å². The van der Waals surface area contributed by atoms with Crippen LogP contribution >= 0.6 is 0 Å².